The highest BCUT2D eigenvalue weighted by molar-refractivity contribution is 6.28. The van der Waals surface area contributed by atoms with Crippen LogP contribution >= 0.6 is 11.6 Å². The van der Waals surface area contributed by atoms with E-state index >= 15 is 0 Å². The monoisotopic (exact) mass is 527 g/mol. The van der Waals surface area contributed by atoms with E-state index in [1.54, 1.807) is 18.5 Å². The quantitative estimate of drug-likeness (QED) is 0.315. The fourth-order valence-electron chi connectivity index (χ4n) is 4.19. The fourth-order valence-corrected chi connectivity index (χ4v) is 4.35. The number of anilines is 2. The number of amides is 3. The van der Waals surface area contributed by atoms with Crippen molar-refractivity contribution in [2.24, 2.45) is 12.8 Å². The summed E-state index contributed by atoms with van der Waals surface area (Å²) in [6, 6.07) is 6.76. The number of aryl methyl sites for hydroxylation is 1. The summed E-state index contributed by atoms with van der Waals surface area (Å²) in [4.78, 5) is 51.5. The first-order chi connectivity index (χ1) is 17.7. The van der Waals surface area contributed by atoms with E-state index in [9.17, 15) is 14.4 Å². The molecule has 3 amide bonds. The van der Waals surface area contributed by atoms with Crippen molar-refractivity contribution in [2.45, 2.75) is 50.7 Å². The second kappa shape index (κ2) is 11.4. The maximum absolute atomic E-state index is 13.2. The molecule has 37 heavy (non-hydrogen) atoms. The second-order valence-corrected chi connectivity index (χ2v) is 9.35. The Morgan fingerprint density at radius 3 is 2.57 bits per heavy atom. The standard InChI is InChI=1S/C24H30ClN9O3/c1-13-21(36)30-16(12-14-8-4-3-5-9-14)22(37)29-15(18(26)35)10-6-7-11-27-19-17-20(32-23(25)31-19)33-24(28-13)34(17)2/h3-5,8-9,13,15-16H,6-7,10-12H2,1-2H3,(H2,26,35)(H,29,37)(H,30,36)(H2,27,28,31,32,33)/t13-,15?,16-/m0/s1. The van der Waals surface area contributed by atoms with Crippen molar-refractivity contribution in [1.29, 1.82) is 0 Å². The normalized spacial score (nSPS) is 21.4. The summed E-state index contributed by atoms with van der Waals surface area (Å²) in [6.45, 7) is 2.19. The number of nitrogens with one attached hydrogen (secondary N) is 4. The van der Waals surface area contributed by atoms with Crippen molar-refractivity contribution in [3.8, 4) is 0 Å². The smallest absolute Gasteiger partial charge is 0.243 e. The lowest BCUT2D eigenvalue weighted by atomic mass is 10.0. The highest BCUT2D eigenvalue weighted by Crippen LogP contribution is 2.25. The van der Waals surface area contributed by atoms with Crippen molar-refractivity contribution in [1.82, 2.24) is 30.2 Å². The number of fused-ring (bicyclic) bond motifs is 1. The SMILES string of the molecule is C[C@@H]1Nc2nc3nc(Cl)nc(c3n2C)NCCCCC(C(N)=O)NC(=O)[C@H](Cc2ccccc2)NC1=O. The van der Waals surface area contributed by atoms with Gasteiger partial charge < -0.3 is 31.6 Å². The lowest BCUT2D eigenvalue weighted by Crippen LogP contribution is -2.55. The number of halogens is 1. The summed E-state index contributed by atoms with van der Waals surface area (Å²) in [6.07, 6.45) is 1.87. The van der Waals surface area contributed by atoms with Crippen LogP contribution in [0.15, 0.2) is 30.3 Å². The van der Waals surface area contributed by atoms with E-state index in [0.29, 0.717) is 48.7 Å². The summed E-state index contributed by atoms with van der Waals surface area (Å²) < 4.78 is 1.74. The summed E-state index contributed by atoms with van der Waals surface area (Å²) >= 11 is 6.12. The van der Waals surface area contributed by atoms with Crippen LogP contribution in [0.4, 0.5) is 11.8 Å². The number of imidazole rings is 1. The number of hydrogen-bond acceptors (Lipinski definition) is 8. The van der Waals surface area contributed by atoms with Gasteiger partial charge in [0.05, 0.1) is 0 Å². The van der Waals surface area contributed by atoms with E-state index in [1.165, 1.54) is 0 Å². The van der Waals surface area contributed by atoms with Crippen LogP contribution < -0.4 is 27.0 Å². The third-order valence-electron chi connectivity index (χ3n) is 6.23. The predicted octanol–water partition coefficient (Wildman–Crippen LogP) is 1.11. The van der Waals surface area contributed by atoms with Crippen LogP contribution in [0.2, 0.25) is 5.28 Å². The van der Waals surface area contributed by atoms with Crippen LogP contribution in [-0.2, 0) is 27.9 Å². The molecule has 1 aliphatic heterocycles. The first kappa shape index (κ1) is 26.1. The van der Waals surface area contributed by atoms with Gasteiger partial charge in [0.15, 0.2) is 11.5 Å². The van der Waals surface area contributed by atoms with E-state index in [0.717, 1.165) is 5.56 Å². The topological polar surface area (TPSA) is 169 Å². The van der Waals surface area contributed by atoms with Gasteiger partial charge in [0.25, 0.3) is 0 Å². The molecule has 196 valence electrons. The maximum Gasteiger partial charge on any atom is 0.243 e. The highest BCUT2D eigenvalue weighted by atomic mass is 35.5. The van der Waals surface area contributed by atoms with Gasteiger partial charge in [-0.1, -0.05) is 30.3 Å². The molecule has 1 unspecified atom stereocenters. The van der Waals surface area contributed by atoms with E-state index < -0.39 is 35.8 Å². The Hall–Kier alpha value is -3.93. The Kier molecular flexibility index (Phi) is 8.07. The molecule has 0 aliphatic carbocycles. The molecule has 0 saturated heterocycles. The summed E-state index contributed by atoms with van der Waals surface area (Å²) in [5.41, 5.74) is 7.43. The predicted molar refractivity (Wildman–Crippen MR) is 140 cm³/mol. The molecule has 0 spiro atoms. The number of rotatable bonds is 3. The third kappa shape index (κ3) is 6.26. The number of hydrogen-bond donors (Lipinski definition) is 5. The molecule has 12 nitrogen and oxygen atoms in total. The van der Waals surface area contributed by atoms with Gasteiger partial charge in [-0.15, -0.1) is 0 Å². The highest BCUT2D eigenvalue weighted by Gasteiger charge is 2.28. The Labute approximate surface area is 218 Å². The second-order valence-electron chi connectivity index (χ2n) is 9.01. The molecular weight excluding hydrogens is 498 g/mol. The lowest BCUT2D eigenvalue weighted by molar-refractivity contribution is -0.131. The molecule has 2 aromatic heterocycles. The van der Waals surface area contributed by atoms with Gasteiger partial charge in [0.2, 0.25) is 29.0 Å². The van der Waals surface area contributed by atoms with Gasteiger partial charge in [-0.05, 0) is 43.4 Å². The average molecular weight is 528 g/mol. The number of nitrogens with zero attached hydrogens (tertiary/aromatic N) is 4. The van der Waals surface area contributed by atoms with Gasteiger partial charge in [-0.25, -0.2) is 0 Å². The molecule has 4 rings (SSSR count). The molecule has 0 saturated carbocycles. The zero-order valence-electron chi connectivity index (χ0n) is 20.6. The Balaban J connectivity index is 1.66. The number of aromatic nitrogens is 4. The van der Waals surface area contributed by atoms with Crippen LogP contribution in [0.3, 0.4) is 0 Å². The fraction of sp³-hybridized carbons (Fsp3) is 0.417. The number of carbonyl (C=O) groups is 3. The lowest BCUT2D eigenvalue weighted by Gasteiger charge is -2.24. The van der Waals surface area contributed by atoms with Crippen LogP contribution in [0.25, 0.3) is 11.2 Å². The summed E-state index contributed by atoms with van der Waals surface area (Å²) in [5.74, 6) is -0.650. The number of benzene rings is 1. The molecular formula is C24H30ClN9O3. The molecule has 1 aliphatic rings. The Bertz CT molecular complexity index is 1300. The molecule has 13 heteroatoms. The summed E-state index contributed by atoms with van der Waals surface area (Å²) in [7, 11) is 1.78. The van der Waals surface area contributed by atoms with Crippen molar-refractivity contribution in [3.63, 3.8) is 0 Å². The molecule has 3 atom stereocenters. The first-order valence-corrected chi connectivity index (χ1v) is 12.4. The molecule has 3 aromatic rings. The summed E-state index contributed by atoms with van der Waals surface area (Å²) in [5, 5.41) is 11.9. The average Bonchev–Trinajstić information content (AvgIpc) is 3.16. The van der Waals surface area contributed by atoms with Gasteiger partial charge in [0.1, 0.15) is 23.6 Å². The minimum Gasteiger partial charge on any atom is -0.368 e. The molecule has 0 radical (unpaired) electrons. The van der Waals surface area contributed by atoms with E-state index in [-0.39, 0.29) is 11.7 Å². The molecule has 2 bridgehead atoms. The Morgan fingerprint density at radius 2 is 1.84 bits per heavy atom. The molecule has 6 N–H and O–H groups in total. The van der Waals surface area contributed by atoms with Crippen molar-refractivity contribution < 1.29 is 14.4 Å². The number of carbonyl (C=O) groups excluding carboxylic acids is 3. The van der Waals surface area contributed by atoms with E-state index in [1.807, 2.05) is 30.3 Å². The zero-order chi connectivity index (χ0) is 26.5. The van der Waals surface area contributed by atoms with Crippen LogP contribution in [0.5, 0.6) is 0 Å². The van der Waals surface area contributed by atoms with Gasteiger partial charge in [-0.3, -0.25) is 14.4 Å². The first-order valence-electron chi connectivity index (χ1n) is 12.1. The van der Waals surface area contributed by atoms with Crippen molar-refractivity contribution in [2.75, 3.05) is 17.2 Å². The largest absolute Gasteiger partial charge is 0.368 e. The van der Waals surface area contributed by atoms with Gasteiger partial charge in [-0.2, -0.15) is 15.0 Å². The number of nitrogens with two attached hydrogens (primary N) is 1. The minimum atomic E-state index is -0.921. The molecule has 1 aromatic carbocycles. The van der Waals surface area contributed by atoms with E-state index in [2.05, 4.69) is 36.2 Å². The van der Waals surface area contributed by atoms with E-state index in [4.69, 9.17) is 17.3 Å². The van der Waals surface area contributed by atoms with Gasteiger partial charge in [0, 0.05) is 20.0 Å². The van der Waals surface area contributed by atoms with Crippen LogP contribution in [0.1, 0.15) is 31.7 Å². The maximum atomic E-state index is 13.2. The molecule has 0 fully saturated rings. The minimum absolute atomic E-state index is 0.0418. The van der Waals surface area contributed by atoms with Gasteiger partial charge >= 0.3 is 0 Å². The van der Waals surface area contributed by atoms with Crippen LogP contribution in [-0.4, -0.2) is 61.9 Å². The number of primary amides is 1. The third-order valence-corrected chi connectivity index (χ3v) is 6.40. The van der Waals surface area contributed by atoms with Crippen molar-refractivity contribution in [3.05, 3.63) is 41.2 Å². The zero-order valence-corrected chi connectivity index (χ0v) is 21.4. The Morgan fingerprint density at radius 1 is 1.08 bits per heavy atom. The van der Waals surface area contributed by atoms with Crippen molar-refractivity contribution >= 4 is 52.3 Å². The molecule has 3 heterocycles. The van der Waals surface area contributed by atoms with Crippen LogP contribution in [0, 0.1) is 0 Å².